The van der Waals surface area contributed by atoms with Crippen molar-refractivity contribution in [2.75, 3.05) is 4.43 Å². The zero-order valence-electron chi connectivity index (χ0n) is 9.90. The van der Waals surface area contributed by atoms with E-state index in [1.54, 1.807) is 0 Å². The standard InChI is InChI=1S/C12H23IO/c1-11(2)7-5-10(6-8-11)14-12(3,4)9-13/h10H,5-9H2,1-4H3. The fraction of sp³-hybridized carbons (Fsp3) is 1.00. The molecule has 0 aromatic heterocycles. The van der Waals surface area contributed by atoms with Crippen LogP contribution >= 0.6 is 22.6 Å². The quantitative estimate of drug-likeness (QED) is 0.561. The van der Waals surface area contributed by atoms with E-state index >= 15 is 0 Å². The second-order valence-electron chi connectivity index (χ2n) is 5.87. The van der Waals surface area contributed by atoms with Gasteiger partial charge in [0.15, 0.2) is 0 Å². The number of rotatable bonds is 3. The van der Waals surface area contributed by atoms with Gasteiger partial charge in [-0.3, -0.25) is 0 Å². The lowest BCUT2D eigenvalue weighted by atomic mass is 9.76. The molecule has 84 valence electrons. The van der Waals surface area contributed by atoms with E-state index in [4.69, 9.17) is 4.74 Å². The maximum atomic E-state index is 6.11. The third-order valence-corrected chi connectivity index (χ3v) is 4.93. The van der Waals surface area contributed by atoms with Gasteiger partial charge in [0.1, 0.15) is 0 Å². The van der Waals surface area contributed by atoms with Crippen molar-refractivity contribution in [1.29, 1.82) is 0 Å². The van der Waals surface area contributed by atoms with Crippen LogP contribution in [0.4, 0.5) is 0 Å². The van der Waals surface area contributed by atoms with Crippen molar-refractivity contribution in [1.82, 2.24) is 0 Å². The first kappa shape index (κ1) is 12.8. The molecule has 1 aliphatic rings. The molecule has 0 heterocycles. The number of hydrogen-bond donors (Lipinski definition) is 0. The summed E-state index contributed by atoms with van der Waals surface area (Å²) in [5.41, 5.74) is 0.612. The van der Waals surface area contributed by atoms with Crippen molar-refractivity contribution in [3.05, 3.63) is 0 Å². The summed E-state index contributed by atoms with van der Waals surface area (Å²) in [6.07, 6.45) is 5.62. The first-order valence-electron chi connectivity index (χ1n) is 5.58. The lowest BCUT2D eigenvalue weighted by Crippen LogP contribution is -2.35. The van der Waals surface area contributed by atoms with Crippen LogP contribution in [0.5, 0.6) is 0 Å². The van der Waals surface area contributed by atoms with E-state index in [-0.39, 0.29) is 5.60 Å². The highest BCUT2D eigenvalue weighted by atomic mass is 127. The smallest absolute Gasteiger partial charge is 0.0719 e. The third-order valence-electron chi connectivity index (χ3n) is 3.09. The Kier molecular flexibility index (Phi) is 4.27. The molecule has 0 aromatic rings. The summed E-state index contributed by atoms with van der Waals surface area (Å²) in [6, 6.07) is 0. The Morgan fingerprint density at radius 3 is 2.21 bits per heavy atom. The summed E-state index contributed by atoms with van der Waals surface area (Å²) < 4.78 is 7.19. The van der Waals surface area contributed by atoms with Crippen molar-refractivity contribution in [2.24, 2.45) is 5.41 Å². The minimum atomic E-state index is 0.0622. The summed E-state index contributed by atoms with van der Waals surface area (Å²) in [7, 11) is 0. The lowest BCUT2D eigenvalue weighted by Gasteiger charge is -2.37. The molecule has 1 aliphatic carbocycles. The Balaban J connectivity index is 2.36. The maximum absolute atomic E-state index is 6.11. The Hall–Kier alpha value is 0.690. The van der Waals surface area contributed by atoms with E-state index in [2.05, 4.69) is 50.3 Å². The van der Waals surface area contributed by atoms with Crippen LogP contribution in [0.3, 0.4) is 0 Å². The molecule has 2 heteroatoms. The average molecular weight is 310 g/mol. The monoisotopic (exact) mass is 310 g/mol. The van der Waals surface area contributed by atoms with Crippen molar-refractivity contribution in [2.45, 2.75) is 65.1 Å². The van der Waals surface area contributed by atoms with Crippen LogP contribution < -0.4 is 0 Å². The van der Waals surface area contributed by atoms with Gasteiger partial charge < -0.3 is 4.74 Å². The van der Waals surface area contributed by atoms with E-state index < -0.39 is 0 Å². The maximum Gasteiger partial charge on any atom is 0.0719 e. The molecule has 0 radical (unpaired) electrons. The first-order valence-corrected chi connectivity index (χ1v) is 7.11. The summed E-state index contributed by atoms with van der Waals surface area (Å²) >= 11 is 2.41. The van der Waals surface area contributed by atoms with Gasteiger partial charge in [0, 0.05) is 4.43 Å². The van der Waals surface area contributed by atoms with E-state index in [0.717, 1.165) is 4.43 Å². The average Bonchev–Trinajstić information content (AvgIpc) is 2.09. The molecule has 0 N–H and O–H groups in total. The molecule has 1 rings (SSSR count). The topological polar surface area (TPSA) is 9.23 Å². The van der Waals surface area contributed by atoms with E-state index in [0.29, 0.717) is 11.5 Å². The molecule has 0 amide bonds. The zero-order valence-corrected chi connectivity index (χ0v) is 12.1. The first-order chi connectivity index (χ1) is 6.35. The van der Waals surface area contributed by atoms with Gasteiger partial charge in [-0.15, -0.1) is 0 Å². The fourth-order valence-corrected chi connectivity index (χ4v) is 2.15. The Morgan fingerprint density at radius 1 is 1.29 bits per heavy atom. The fourth-order valence-electron chi connectivity index (χ4n) is 1.97. The van der Waals surface area contributed by atoms with Gasteiger partial charge in [-0.2, -0.15) is 0 Å². The van der Waals surface area contributed by atoms with Crippen molar-refractivity contribution < 1.29 is 4.74 Å². The number of ether oxygens (including phenoxy) is 1. The molecule has 0 spiro atoms. The zero-order chi connectivity index (χ0) is 10.8. The van der Waals surface area contributed by atoms with Gasteiger partial charge in [-0.05, 0) is 44.9 Å². The second-order valence-corrected chi connectivity index (χ2v) is 6.64. The predicted octanol–water partition coefficient (Wildman–Crippen LogP) is 4.19. The van der Waals surface area contributed by atoms with Gasteiger partial charge in [0.25, 0.3) is 0 Å². The summed E-state index contributed by atoms with van der Waals surface area (Å²) in [5, 5.41) is 0. The number of hydrogen-bond acceptors (Lipinski definition) is 1. The minimum Gasteiger partial charge on any atom is -0.372 e. The van der Waals surface area contributed by atoms with Crippen LogP contribution in [0.15, 0.2) is 0 Å². The van der Waals surface area contributed by atoms with Crippen LogP contribution in [-0.4, -0.2) is 16.1 Å². The van der Waals surface area contributed by atoms with Gasteiger partial charge in [-0.1, -0.05) is 36.4 Å². The van der Waals surface area contributed by atoms with Crippen LogP contribution in [0.25, 0.3) is 0 Å². The molecule has 0 aromatic carbocycles. The van der Waals surface area contributed by atoms with E-state index in [1.807, 2.05) is 0 Å². The van der Waals surface area contributed by atoms with Crippen LogP contribution in [-0.2, 0) is 4.74 Å². The highest BCUT2D eigenvalue weighted by Crippen LogP contribution is 2.37. The van der Waals surface area contributed by atoms with E-state index in [1.165, 1.54) is 25.7 Å². The Bertz CT molecular complexity index is 177. The second kappa shape index (κ2) is 4.69. The van der Waals surface area contributed by atoms with Crippen LogP contribution in [0, 0.1) is 5.41 Å². The van der Waals surface area contributed by atoms with Gasteiger partial charge in [0.05, 0.1) is 11.7 Å². The third kappa shape index (κ3) is 4.05. The molecule has 1 nitrogen and oxygen atoms in total. The molecule has 0 unspecified atom stereocenters. The minimum absolute atomic E-state index is 0.0622. The van der Waals surface area contributed by atoms with Gasteiger partial charge in [0.2, 0.25) is 0 Å². The Labute approximate surface area is 102 Å². The summed E-state index contributed by atoms with van der Waals surface area (Å²) in [5.74, 6) is 0. The molecule has 1 fully saturated rings. The van der Waals surface area contributed by atoms with Crippen molar-refractivity contribution in [3.63, 3.8) is 0 Å². The predicted molar refractivity (Wildman–Crippen MR) is 70.1 cm³/mol. The molecule has 0 saturated heterocycles. The summed E-state index contributed by atoms with van der Waals surface area (Å²) in [4.78, 5) is 0. The number of halogens is 1. The molecular weight excluding hydrogens is 287 g/mol. The highest BCUT2D eigenvalue weighted by Gasteiger charge is 2.30. The molecule has 14 heavy (non-hydrogen) atoms. The van der Waals surface area contributed by atoms with E-state index in [9.17, 15) is 0 Å². The molecular formula is C12H23IO. The molecule has 0 bridgehead atoms. The van der Waals surface area contributed by atoms with Crippen LogP contribution in [0.2, 0.25) is 0 Å². The molecule has 1 saturated carbocycles. The molecule has 0 aliphatic heterocycles. The van der Waals surface area contributed by atoms with Gasteiger partial charge in [-0.25, -0.2) is 0 Å². The van der Waals surface area contributed by atoms with Gasteiger partial charge >= 0.3 is 0 Å². The van der Waals surface area contributed by atoms with Crippen LogP contribution in [0.1, 0.15) is 53.4 Å². The summed E-state index contributed by atoms with van der Waals surface area (Å²) in [6.45, 7) is 9.12. The van der Waals surface area contributed by atoms with Crippen molar-refractivity contribution >= 4 is 22.6 Å². The molecule has 0 atom stereocenters. The lowest BCUT2D eigenvalue weighted by molar-refractivity contribution is -0.0804. The highest BCUT2D eigenvalue weighted by molar-refractivity contribution is 14.1. The largest absolute Gasteiger partial charge is 0.372 e. The SMILES string of the molecule is CC1(C)CCC(OC(C)(C)CI)CC1. The number of alkyl halides is 1. The van der Waals surface area contributed by atoms with Crippen molar-refractivity contribution in [3.8, 4) is 0 Å². The Morgan fingerprint density at radius 2 is 1.79 bits per heavy atom. The normalized spacial score (nSPS) is 23.8.